The highest BCUT2D eigenvalue weighted by atomic mass is 35.5. The zero-order valence-corrected chi connectivity index (χ0v) is 20.4. The summed E-state index contributed by atoms with van der Waals surface area (Å²) in [5, 5.41) is 0.225. The highest BCUT2D eigenvalue weighted by Crippen LogP contribution is 2.45. The Hall–Kier alpha value is -1.23. The standard InChI is InChI=1S/C20H31ClN4O4Si/c1-19(2,3)30(6,7)26-10-12-14-15(29-20(4,5)28-14)17(27-12)25-9-8-11-13(25)16(22)24-18(21)23-11/h8-9,12,14-15,17H,10H2,1-7H3,(H2,22,23,24)/t12-,14-,15-,17-/m1/s1. The van der Waals surface area contributed by atoms with Crippen LogP contribution >= 0.6 is 11.6 Å². The van der Waals surface area contributed by atoms with E-state index in [2.05, 4.69) is 43.8 Å². The van der Waals surface area contributed by atoms with E-state index in [1.54, 1.807) is 0 Å². The van der Waals surface area contributed by atoms with Gasteiger partial charge >= 0.3 is 0 Å². The number of nitrogens with zero attached hydrogens (tertiary/aromatic N) is 3. The average molecular weight is 455 g/mol. The van der Waals surface area contributed by atoms with Gasteiger partial charge in [0.15, 0.2) is 26.2 Å². The van der Waals surface area contributed by atoms with Crippen LogP contribution in [0.15, 0.2) is 12.3 Å². The molecule has 166 valence electrons. The van der Waals surface area contributed by atoms with Crippen molar-refractivity contribution < 1.29 is 18.6 Å². The minimum absolute atomic E-state index is 0.110. The largest absolute Gasteiger partial charge is 0.414 e. The second-order valence-electron chi connectivity index (χ2n) is 10.0. The van der Waals surface area contributed by atoms with Crippen LogP contribution in [0.3, 0.4) is 0 Å². The van der Waals surface area contributed by atoms with Gasteiger partial charge in [0.1, 0.15) is 23.8 Å². The summed E-state index contributed by atoms with van der Waals surface area (Å²) < 4.78 is 27.2. The summed E-state index contributed by atoms with van der Waals surface area (Å²) in [6, 6.07) is 1.85. The first kappa shape index (κ1) is 22.0. The number of nitrogens with two attached hydrogens (primary N) is 1. The topological polar surface area (TPSA) is 93.6 Å². The van der Waals surface area contributed by atoms with Gasteiger partial charge in [-0.1, -0.05) is 20.8 Å². The highest BCUT2D eigenvalue weighted by molar-refractivity contribution is 6.74. The highest BCUT2D eigenvalue weighted by Gasteiger charge is 2.56. The summed E-state index contributed by atoms with van der Waals surface area (Å²) in [5.74, 6) is -0.407. The third kappa shape index (κ3) is 3.76. The monoisotopic (exact) mass is 454 g/mol. The molecule has 4 atom stereocenters. The van der Waals surface area contributed by atoms with Crippen LogP contribution in [0.4, 0.5) is 5.82 Å². The van der Waals surface area contributed by atoms with E-state index in [0.717, 1.165) is 0 Å². The second-order valence-corrected chi connectivity index (χ2v) is 15.2. The zero-order valence-electron chi connectivity index (χ0n) is 18.6. The predicted octanol–water partition coefficient (Wildman–Crippen LogP) is 4.11. The van der Waals surface area contributed by atoms with Crippen LogP contribution in [-0.4, -0.2) is 53.6 Å². The Morgan fingerprint density at radius 3 is 2.57 bits per heavy atom. The van der Waals surface area contributed by atoms with Gasteiger partial charge in [-0.05, 0) is 49.6 Å². The molecule has 4 heterocycles. The minimum atomic E-state index is -1.94. The van der Waals surface area contributed by atoms with Crippen LogP contribution < -0.4 is 5.73 Å². The molecular weight excluding hydrogens is 424 g/mol. The van der Waals surface area contributed by atoms with Gasteiger partial charge in [0.25, 0.3) is 0 Å². The molecule has 2 aromatic heterocycles. The van der Waals surface area contributed by atoms with E-state index in [9.17, 15) is 0 Å². The van der Waals surface area contributed by atoms with E-state index >= 15 is 0 Å². The first-order valence-corrected chi connectivity index (χ1v) is 13.5. The number of hydrogen-bond donors (Lipinski definition) is 1. The van der Waals surface area contributed by atoms with Crippen molar-refractivity contribution in [3.63, 3.8) is 0 Å². The van der Waals surface area contributed by atoms with Gasteiger partial charge in [-0.25, -0.2) is 4.98 Å². The van der Waals surface area contributed by atoms with Crippen LogP contribution in [-0.2, 0) is 18.6 Å². The van der Waals surface area contributed by atoms with Crippen LogP contribution in [0.5, 0.6) is 0 Å². The average Bonchev–Trinajstić information content (AvgIpc) is 3.23. The lowest BCUT2D eigenvalue weighted by Gasteiger charge is -2.37. The summed E-state index contributed by atoms with van der Waals surface area (Å²) in [5.41, 5.74) is 7.48. The van der Waals surface area contributed by atoms with Crippen molar-refractivity contribution in [2.75, 3.05) is 12.3 Å². The molecule has 2 fully saturated rings. The van der Waals surface area contributed by atoms with Crippen molar-refractivity contribution >= 4 is 36.8 Å². The molecule has 10 heteroatoms. The maximum Gasteiger partial charge on any atom is 0.225 e. The summed E-state index contributed by atoms with van der Waals surface area (Å²) in [6.07, 6.45) is 0.622. The molecule has 2 N–H and O–H groups in total. The summed E-state index contributed by atoms with van der Waals surface area (Å²) in [6.45, 7) is 15.4. The number of halogens is 1. The fourth-order valence-electron chi connectivity index (χ4n) is 3.80. The Labute approximate surface area is 183 Å². The number of nitrogen functional groups attached to an aromatic ring is 1. The Bertz CT molecular complexity index is 958. The van der Waals surface area contributed by atoms with E-state index in [4.69, 9.17) is 36.0 Å². The van der Waals surface area contributed by atoms with Crippen molar-refractivity contribution in [1.82, 2.24) is 14.5 Å². The van der Waals surface area contributed by atoms with Crippen molar-refractivity contribution in [1.29, 1.82) is 0 Å². The van der Waals surface area contributed by atoms with Crippen LogP contribution in [0, 0.1) is 0 Å². The Balaban J connectivity index is 1.64. The van der Waals surface area contributed by atoms with E-state index in [0.29, 0.717) is 23.5 Å². The van der Waals surface area contributed by atoms with Gasteiger partial charge in [-0.2, -0.15) is 4.98 Å². The molecule has 0 saturated carbocycles. The SMILES string of the molecule is CC1(C)O[C@@H]2[C@H](O1)[C@@H](CO[Si](C)(C)C(C)(C)C)O[C@H]2n1ccc2nc(Cl)nc(N)c21. The van der Waals surface area contributed by atoms with Gasteiger partial charge in [0.2, 0.25) is 5.28 Å². The van der Waals surface area contributed by atoms with Crippen LogP contribution in [0.25, 0.3) is 11.0 Å². The number of ether oxygens (including phenoxy) is 3. The Kier molecular flexibility index (Phi) is 5.23. The summed E-state index contributed by atoms with van der Waals surface area (Å²) >= 11 is 5.96. The number of hydrogen-bond acceptors (Lipinski definition) is 7. The molecule has 0 amide bonds. The van der Waals surface area contributed by atoms with Gasteiger partial charge in [0.05, 0.1) is 12.1 Å². The quantitative estimate of drug-likeness (QED) is 0.548. The van der Waals surface area contributed by atoms with Crippen molar-refractivity contribution in [3.8, 4) is 0 Å². The zero-order chi connectivity index (χ0) is 22.1. The minimum Gasteiger partial charge on any atom is -0.414 e. The van der Waals surface area contributed by atoms with Crippen LogP contribution in [0.1, 0.15) is 40.8 Å². The lowest BCUT2D eigenvalue weighted by atomic mass is 10.1. The third-order valence-electron chi connectivity index (χ3n) is 6.38. The summed E-state index contributed by atoms with van der Waals surface area (Å²) in [7, 11) is -1.94. The molecule has 2 aliphatic rings. The van der Waals surface area contributed by atoms with Crippen molar-refractivity contribution in [3.05, 3.63) is 17.5 Å². The maximum atomic E-state index is 6.45. The first-order valence-electron chi connectivity index (χ1n) is 10.2. The Morgan fingerprint density at radius 1 is 1.23 bits per heavy atom. The molecule has 0 radical (unpaired) electrons. The first-order chi connectivity index (χ1) is 13.8. The van der Waals surface area contributed by atoms with E-state index in [1.165, 1.54) is 0 Å². The smallest absolute Gasteiger partial charge is 0.225 e. The molecule has 0 unspecified atom stereocenters. The van der Waals surface area contributed by atoms with Crippen LogP contribution in [0.2, 0.25) is 23.4 Å². The third-order valence-corrected chi connectivity index (χ3v) is 11.0. The molecule has 2 aromatic rings. The molecular formula is C20H31ClN4O4Si. The summed E-state index contributed by atoms with van der Waals surface area (Å²) in [4.78, 5) is 8.36. The predicted molar refractivity (Wildman–Crippen MR) is 118 cm³/mol. The number of rotatable bonds is 4. The fraction of sp³-hybridized carbons (Fsp3) is 0.700. The molecule has 2 saturated heterocycles. The molecule has 0 aliphatic carbocycles. The number of fused-ring (bicyclic) bond motifs is 2. The number of aromatic nitrogens is 3. The van der Waals surface area contributed by atoms with E-state index in [1.807, 2.05) is 30.7 Å². The van der Waals surface area contributed by atoms with Gasteiger partial charge in [0, 0.05) is 6.20 Å². The molecule has 8 nitrogen and oxygen atoms in total. The lowest BCUT2D eigenvalue weighted by Crippen LogP contribution is -2.44. The molecule has 0 spiro atoms. The molecule has 30 heavy (non-hydrogen) atoms. The fourth-order valence-corrected chi connectivity index (χ4v) is 5.00. The Morgan fingerprint density at radius 2 is 1.90 bits per heavy atom. The van der Waals surface area contributed by atoms with Gasteiger partial charge < -0.3 is 28.9 Å². The van der Waals surface area contributed by atoms with Crippen molar-refractivity contribution in [2.24, 2.45) is 0 Å². The molecule has 0 aromatic carbocycles. The van der Waals surface area contributed by atoms with E-state index < -0.39 is 20.3 Å². The lowest BCUT2D eigenvalue weighted by molar-refractivity contribution is -0.199. The van der Waals surface area contributed by atoms with Crippen molar-refractivity contribution in [2.45, 2.75) is 83.1 Å². The molecule has 2 aliphatic heterocycles. The molecule has 0 bridgehead atoms. The normalized spacial score (nSPS) is 28.9. The van der Waals surface area contributed by atoms with Gasteiger partial charge in [-0.3, -0.25) is 0 Å². The number of anilines is 1. The van der Waals surface area contributed by atoms with Gasteiger partial charge in [-0.15, -0.1) is 0 Å². The second kappa shape index (κ2) is 7.14. The maximum absolute atomic E-state index is 6.45. The van der Waals surface area contributed by atoms with E-state index in [-0.39, 0.29) is 28.6 Å². The molecule has 4 rings (SSSR count).